The molecule has 0 atom stereocenters. The quantitative estimate of drug-likeness (QED) is 0.875. The van der Waals surface area contributed by atoms with E-state index in [1.54, 1.807) is 0 Å². The third-order valence-corrected chi connectivity index (χ3v) is 2.14. The third kappa shape index (κ3) is 3.89. The summed E-state index contributed by atoms with van der Waals surface area (Å²) in [5.74, 6) is -1.42. The van der Waals surface area contributed by atoms with E-state index in [4.69, 9.17) is 10.2 Å². The van der Waals surface area contributed by atoms with Crippen LogP contribution in [0.1, 0.15) is 27.9 Å². The first kappa shape index (κ1) is 14.2. The molecule has 2 N–H and O–H groups in total. The summed E-state index contributed by atoms with van der Waals surface area (Å²) in [4.78, 5) is 10.7. The highest BCUT2D eigenvalue weighted by Gasteiger charge is 2.31. The summed E-state index contributed by atoms with van der Waals surface area (Å²) in [5.41, 5.74) is -1.30. The van der Waals surface area contributed by atoms with E-state index in [9.17, 15) is 18.0 Å². The van der Waals surface area contributed by atoms with Crippen molar-refractivity contribution in [3.05, 3.63) is 41.0 Å². The minimum absolute atomic E-state index is 0.124. The van der Waals surface area contributed by atoms with Gasteiger partial charge in [-0.15, -0.1) is 0 Å². The lowest BCUT2D eigenvalue weighted by Gasteiger charge is -2.08. The number of benzene rings is 1. The molecule has 0 spiro atoms. The number of aliphatic hydroxyl groups excluding tert-OH is 1. The van der Waals surface area contributed by atoms with E-state index in [0.717, 1.165) is 12.1 Å². The van der Waals surface area contributed by atoms with Crippen molar-refractivity contribution in [1.82, 2.24) is 0 Å². The van der Waals surface area contributed by atoms with Crippen LogP contribution in [0.15, 0.2) is 24.3 Å². The Morgan fingerprint density at radius 3 is 2.44 bits per heavy atom. The van der Waals surface area contributed by atoms with Crippen LogP contribution in [0.4, 0.5) is 13.2 Å². The Morgan fingerprint density at radius 2 is 1.94 bits per heavy atom. The van der Waals surface area contributed by atoms with Gasteiger partial charge in [0, 0.05) is 6.61 Å². The van der Waals surface area contributed by atoms with E-state index >= 15 is 0 Å². The number of hydrogen-bond acceptors (Lipinski definition) is 2. The second-order valence-electron chi connectivity index (χ2n) is 3.56. The predicted octanol–water partition coefficient (Wildman–Crippen LogP) is 2.80. The number of aliphatic hydroxyl groups is 1. The molecule has 0 aromatic heterocycles. The number of carbonyl (C=O) groups is 1. The average Bonchev–Trinajstić information content (AvgIpc) is 2.28. The molecule has 0 aliphatic rings. The summed E-state index contributed by atoms with van der Waals surface area (Å²) in [6.45, 7) is -0.124. The molecule has 0 saturated carbocycles. The van der Waals surface area contributed by atoms with Gasteiger partial charge in [0.05, 0.1) is 11.1 Å². The fourth-order valence-electron chi connectivity index (χ4n) is 1.33. The van der Waals surface area contributed by atoms with Gasteiger partial charge in [-0.1, -0.05) is 12.2 Å². The first-order chi connectivity index (χ1) is 8.34. The highest BCUT2D eigenvalue weighted by atomic mass is 19.4. The zero-order chi connectivity index (χ0) is 13.8. The molecule has 0 saturated heterocycles. The highest BCUT2D eigenvalue weighted by Crippen LogP contribution is 2.31. The number of aromatic carboxylic acids is 1. The van der Waals surface area contributed by atoms with Crippen LogP contribution >= 0.6 is 0 Å². The lowest BCUT2D eigenvalue weighted by molar-refractivity contribution is -0.137. The van der Waals surface area contributed by atoms with Crippen LogP contribution in [0.3, 0.4) is 0 Å². The fourth-order valence-corrected chi connectivity index (χ4v) is 1.33. The smallest absolute Gasteiger partial charge is 0.416 e. The molecule has 0 radical (unpaired) electrons. The van der Waals surface area contributed by atoms with Gasteiger partial charge in [0.2, 0.25) is 0 Å². The molecule has 0 aliphatic carbocycles. The van der Waals surface area contributed by atoms with E-state index in [1.165, 1.54) is 12.2 Å². The Bertz CT molecular complexity index is 464. The Balaban J connectivity index is 3.18. The number of alkyl halides is 3. The molecule has 6 heteroatoms. The van der Waals surface area contributed by atoms with Gasteiger partial charge in [-0.25, -0.2) is 4.79 Å². The van der Waals surface area contributed by atoms with E-state index < -0.39 is 23.3 Å². The predicted molar refractivity (Wildman–Crippen MR) is 59.1 cm³/mol. The molecular weight excluding hydrogens is 249 g/mol. The van der Waals surface area contributed by atoms with Crippen molar-refractivity contribution in [2.75, 3.05) is 6.61 Å². The van der Waals surface area contributed by atoms with Crippen LogP contribution in [-0.4, -0.2) is 22.8 Å². The van der Waals surface area contributed by atoms with Crippen molar-refractivity contribution in [1.29, 1.82) is 0 Å². The van der Waals surface area contributed by atoms with Crippen LogP contribution in [-0.2, 0) is 6.18 Å². The molecule has 0 bridgehead atoms. The Kier molecular flexibility index (Phi) is 4.49. The lowest BCUT2D eigenvalue weighted by Crippen LogP contribution is -2.08. The molecule has 1 aromatic carbocycles. The van der Waals surface area contributed by atoms with Crippen molar-refractivity contribution in [3.63, 3.8) is 0 Å². The summed E-state index contributed by atoms with van der Waals surface area (Å²) in [6.07, 6.45) is -1.48. The summed E-state index contributed by atoms with van der Waals surface area (Å²) < 4.78 is 37.6. The fraction of sp³-hybridized carbons (Fsp3) is 0.250. The van der Waals surface area contributed by atoms with Crippen LogP contribution in [0, 0.1) is 0 Å². The highest BCUT2D eigenvalue weighted by molar-refractivity contribution is 5.88. The van der Waals surface area contributed by atoms with E-state index in [2.05, 4.69) is 0 Å². The van der Waals surface area contributed by atoms with Gasteiger partial charge in [-0.3, -0.25) is 0 Å². The minimum atomic E-state index is -4.59. The van der Waals surface area contributed by atoms with Crippen LogP contribution in [0.25, 0.3) is 6.08 Å². The third-order valence-electron chi connectivity index (χ3n) is 2.14. The molecule has 1 aromatic rings. The van der Waals surface area contributed by atoms with Crippen molar-refractivity contribution in [3.8, 4) is 0 Å². The van der Waals surface area contributed by atoms with Gasteiger partial charge >= 0.3 is 12.1 Å². The minimum Gasteiger partial charge on any atom is -0.478 e. The average molecular weight is 260 g/mol. The van der Waals surface area contributed by atoms with E-state index in [-0.39, 0.29) is 12.2 Å². The zero-order valence-corrected chi connectivity index (χ0v) is 9.24. The number of carboxylic acid groups (broad SMARTS) is 1. The summed E-state index contributed by atoms with van der Waals surface area (Å²) in [7, 11) is 0. The van der Waals surface area contributed by atoms with Crippen molar-refractivity contribution in [2.45, 2.75) is 12.6 Å². The number of carboxylic acids is 1. The summed E-state index contributed by atoms with van der Waals surface area (Å²) in [6, 6.07) is 2.59. The van der Waals surface area contributed by atoms with E-state index in [0.29, 0.717) is 12.5 Å². The van der Waals surface area contributed by atoms with Gasteiger partial charge < -0.3 is 10.2 Å². The molecular formula is C12H11F3O3. The number of rotatable bonds is 4. The normalized spacial score (nSPS) is 12.0. The Hall–Kier alpha value is -1.82. The largest absolute Gasteiger partial charge is 0.478 e. The van der Waals surface area contributed by atoms with E-state index in [1.807, 2.05) is 0 Å². The van der Waals surface area contributed by atoms with Gasteiger partial charge in [0.25, 0.3) is 0 Å². The van der Waals surface area contributed by atoms with Crippen molar-refractivity contribution >= 4 is 12.0 Å². The first-order valence-electron chi connectivity index (χ1n) is 5.07. The maximum Gasteiger partial charge on any atom is 0.416 e. The molecule has 0 unspecified atom stereocenters. The van der Waals surface area contributed by atoms with Gasteiger partial charge in [-0.2, -0.15) is 13.2 Å². The monoisotopic (exact) mass is 260 g/mol. The maximum atomic E-state index is 12.5. The molecule has 0 fully saturated rings. The molecule has 98 valence electrons. The van der Waals surface area contributed by atoms with Gasteiger partial charge in [0.1, 0.15) is 0 Å². The number of hydrogen-bond donors (Lipinski definition) is 2. The van der Waals surface area contributed by atoms with Crippen LogP contribution in [0.5, 0.6) is 0 Å². The van der Waals surface area contributed by atoms with Crippen molar-refractivity contribution in [2.24, 2.45) is 0 Å². The molecule has 3 nitrogen and oxygen atoms in total. The zero-order valence-electron chi connectivity index (χ0n) is 9.24. The molecule has 1 rings (SSSR count). The lowest BCUT2D eigenvalue weighted by atomic mass is 10.0. The molecule has 0 aliphatic heterocycles. The topological polar surface area (TPSA) is 57.5 Å². The Morgan fingerprint density at radius 1 is 1.28 bits per heavy atom. The standard InChI is InChI=1S/C12H11F3O3/c13-12(14,15)10-6-8(3-1-2-4-16)5-9(7-10)11(17)18/h1,3,5-7,16H,2,4H2,(H,17,18). The van der Waals surface area contributed by atoms with Gasteiger partial charge in [-0.05, 0) is 30.2 Å². The Labute approximate surface area is 101 Å². The molecule has 0 amide bonds. The van der Waals surface area contributed by atoms with Crippen LogP contribution in [0.2, 0.25) is 0 Å². The molecule has 18 heavy (non-hydrogen) atoms. The maximum absolute atomic E-state index is 12.5. The summed E-state index contributed by atoms with van der Waals surface area (Å²) >= 11 is 0. The summed E-state index contributed by atoms with van der Waals surface area (Å²) in [5, 5.41) is 17.3. The molecule has 0 heterocycles. The van der Waals surface area contributed by atoms with Gasteiger partial charge in [0.15, 0.2) is 0 Å². The number of halogens is 3. The van der Waals surface area contributed by atoms with Crippen LogP contribution < -0.4 is 0 Å². The SMILES string of the molecule is O=C(O)c1cc(C=CCCO)cc(C(F)(F)F)c1. The van der Waals surface area contributed by atoms with Crippen molar-refractivity contribution < 1.29 is 28.2 Å². The second-order valence-corrected chi connectivity index (χ2v) is 3.56. The second kappa shape index (κ2) is 5.68. The first-order valence-corrected chi connectivity index (χ1v) is 5.07.